The van der Waals surface area contributed by atoms with Gasteiger partial charge in [-0.05, 0) is 12.1 Å². The lowest BCUT2D eigenvalue weighted by Crippen LogP contribution is -2.22. The van der Waals surface area contributed by atoms with Gasteiger partial charge >= 0.3 is 0 Å². The second kappa shape index (κ2) is 5.67. The van der Waals surface area contributed by atoms with E-state index in [2.05, 4.69) is 10.3 Å². The highest BCUT2D eigenvalue weighted by atomic mass is 35.5. The van der Waals surface area contributed by atoms with Crippen molar-refractivity contribution in [2.24, 2.45) is 0 Å². The minimum atomic E-state index is -0.697. The van der Waals surface area contributed by atoms with Gasteiger partial charge in [0.15, 0.2) is 12.2 Å². The highest BCUT2D eigenvalue weighted by molar-refractivity contribution is 6.30. The molecule has 19 heavy (non-hydrogen) atoms. The second-order valence-electron chi connectivity index (χ2n) is 4.41. The number of hydrogen-bond donors (Lipinski definition) is 1. The first kappa shape index (κ1) is 14.0. The van der Waals surface area contributed by atoms with Crippen LogP contribution in [0.1, 0.15) is 19.5 Å². The van der Waals surface area contributed by atoms with Crippen molar-refractivity contribution >= 4 is 11.6 Å². The lowest BCUT2D eigenvalue weighted by Gasteiger charge is -2.08. The standard InChI is InChI=1S/C13H13ClF2N2O/c1-7(2)17-5-12-13(19-6-18-12)8-3-11(16)9(14)4-10(8)15/h3-4,6-7,17H,5H2,1-2H3. The number of halogens is 3. The molecular formula is C13H13ClF2N2O. The molecule has 0 bridgehead atoms. The zero-order chi connectivity index (χ0) is 14.0. The molecular weight excluding hydrogens is 274 g/mol. The van der Waals surface area contributed by atoms with E-state index in [1.807, 2.05) is 13.8 Å². The molecule has 0 amide bonds. The molecule has 0 aliphatic heterocycles. The van der Waals surface area contributed by atoms with Crippen LogP contribution in [0.3, 0.4) is 0 Å². The number of aromatic nitrogens is 1. The smallest absolute Gasteiger partial charge is 0.181 e. The van der Waals surface area contributed by atoms with Gasteiger partial charge in [0.1, 0.15) is 17.3 Å². The van der Waals surface area contributed by atoms with E-state index >= 15 is 0 Å². The second-order valence-corrected chi connectivity index (χ2v) is 4.82. The van der Waals surface area contributed by atoms with E-state index in [9.17, 15) is 8.78 Å². The van der Waals surface area contributed by atoms with Crippen molar-refractivity contribution in [1.82, 2.24) is 10.3 Å². The number of rotatable bonds is 4. The lowest BCUT2D eigenvalue weighted by molar-refractivity contribution is 0.550. The Hall–Kier alpha value is -1.46. The van der Waals surface area contributed by atoms with E-state index < -0.39 is 11.6 Å². The molecule has 0 atom stereocenters. The van der Waals surface area contributed by atoms with E-state index in [4.69, 9.17) is 16.0 Å². The molecule has 102 valence electrons. The summed E-state index contributed by atoms with van der Waals surface area (Å²) in [5.41, 5.74) is 0.536. The quantitative estimate of drug-likeness (QED) is 0.870. The van der Waals surface area contributed by atoms with E-state index in [1.165, 1.54) is 6.39 Å². The fourth-order valence-electron chi connectivity index (χ4n) is 1.61. The largest absolute Gasteiger partial charge is 0.443 e. The molecule has 0 aliphatic rings. The molecule has 0 unspecified atom stereocenters. The number of nitrogens with zero attached hydrogens (tertiary/aromatic N) is 1. The van der Waals surface area contributed by atoms with Crippen molar-refractivity contribution in [3.63, 3.8) is 0 Å². The molecule has 1 aromatic carbocycles. The normalized spacial score (nSPS) is 11.3. The lowest BCUT2D eigenvalue weighted by atomic mass is 10.1. The van der Waals surface area contributed by atoms with Crippen LogP contribution in [0.25, 0.3) is 11.3 Å². The minimum absolute atomic E-state index is 0.0138. The van der Waals surface area contributed by atoms with Crippen LogP contribution in [0.15, 0.2) is 22.9 Å². The van der Waals surface area contributed by atoms with Gasteiger partial charge in [-0.1, -0.05) is 25.4 Å². The van der Waals surface area contributed by atoms with Crippen molar-refractivity contribution < 1.29 is 13.2 Å². The molecule has 2 rings (SSSR count). The molecule has 2 aromatic rings. The van der Waals surface area contributed by atoms with Gasteiger partial charge in [0.05, 0.1) is 10.6 Å². The summed E-state index contributed by atoms with van der Waals surface area (Å²) < 4.78 is 32.4. The van der Waals surface area contributed by atoms with Crippen LogP contribution in [-0.4, -0.2) is 11.0 Å². The maximum atomic E-state index is 13.8. The van der Waals surface area contributed by atoms with Gasteiger partial charge in [-0.25, -0.2) is 13.8 Å². The summed E-state index contributed by atoms with van der Waals surface area (Å²) in [6.45, 7) is 4.36. The average Bonchev–Trinajstić information content (AvgIpc) is 2.79. The topological polar surface area (TPSA) is 38.1 Å². The maximum Gasteiger partial charge on any atom is 0.181 e. The van der Waals surface area contributed by atoms with Gasteiger partial charge in [0, 0.05) is 12.6 Å². The van der Waals surface area contributed by atoms with Gasteiger partial charge in [-0.3, -0.25) is 0 Å². The van der Waals surface area contributed by atoms with Gasteiger partial charge in [-0.2, -0.15) is 0 Å². The molecule has 3 nitrogen and oxygen atoms in total. The van der Waals surface area contributed by atoms with Crippen LogP contribution in [0.5, 0.6) is 0 Å². The molecule has 0 aliphatic carbocycles. The van der Waals surface area contributed by atoms with E-state index in [1.54, 1.807) is 0 Å². The SMILES string of the molecule is CC(C)NCc1ncoc1-c1cc(F)c(Cl)cc1F. The predicted octanol–water partition coefficient (Wildman–Crippen LogP) is 3.77. The third-order valence-corrected chi connectivity index (χ3v) is 2.86. The summed E-state index contributed by atoms with van der Waals surface area (Å²) >= 11 is 5.52. The summed E-state index contributed by atoms with van der Waals surface area (Å²) in [5.74, 6) is -1.13. The molecule has 0 spiro atoms. The summed E-state index contributed by atoms with van der Waals surface area (Å²) in [6, 6.07) is 2.18. The van der Waals surface area contributed by atoms with Crippen molar-refractivity contribution in [3.05, 3.63) is 40.9 Å². The molecule has 0 fully saturated rings. The number of benzene rings is 1. The van der Waals surface area contributed by atoms with E-state index in [-0.39, 0.29) is 22.4 Å². The molecule has 0 saturated heterocycles. The van der Waals surface area contributed by atoms with Gasteiger partial charge in [0.25, 0.3) is 0 Å². The first-order chi connectivity index (χ1) is 8.99. The van der Waals surface area contributed by atoms with E-state index in [0.29, 0.717) is 12.2 Å². The van der Waals surface area contributed by atoms with Crippen LogP contribution in [0, 0.1) is 11.6 Å². The monoisotopic (exact) mass is 286 g/mol. The minimum Gasteiger partial charge on any atom is -0.443 e. The summed E-state index contributed by atoms with van der Waals surface area (Å²) in [7, 11) is 0. The Labute approximate surface area is 114 Å². The number of oxazole rings is 1. The fourth-order valence-corrected chi connectivity index (χ4v) is 1.76. The number of hydrogen-bond acceptors (Lipinski definition) is 3. The van der Waals surface area contributed by atoms with Crippen LogP contribution < -0.4 is 5.32 Å². The summed E-state index contributed by atoms with van der Waals surface area (Å²) in [5, 5.41) is 2.88. The molecule has 6 heteroatoms. The fraction of sp³-hybridized carbons (Fsp3) is 0.308. The molecule has 0 saturated carbocycles. The Kier molecular flexibility index (Phi) is 4.17. The first-order valence-electron chi connectivity index (χ1n) is 5.79. The van der Waals surface area contributed by atoms with Crippen molar-refractivity contribution in [2.75, 3.05) is 0 Å². The molecule has 1 heterocycles. The Morgan fingerprint density at radius 3 is 2.74 bits per heavy atom. The van der Waals surface area contributed by atoms with Crippen molar-refractivity contribution in [2.45, 2.75) is 26.4 Å². The van der Waals surface area contributed by atoms with Gasteiger partial charge in [0.2, 0.25) is 0 Å². The Morgan fingerprint density at radius 2 is 2.05 bits per heavy atom. The zero-order valence-corrected chi connectivity index (χ0v) is 11.3. The third kappa shape index (κ3) is 3.11. The van der Waals surface area contributed by atoms with Crippen LogP contribution in [0.4, 0.5) is 8.78 Å². The highest BCUT2D eigenvalue weighted by Crippen LogP contribution is 2.29. The molecule has 0 radical (unpaired) electrons. The Balaban J connectivity index is 2.37. The van der Waals surface area contributed by atoms with Crippen molar-refractivity contribution in [1.29, 1.82) is 0 Å². The average molecular weight is 287 g/mol. The summed E-state index contributed by atoms with van der Waals surface area (Å²) in [4.78, 5) is 4.01. The number of nitrogens with one attached hydrogen (secondary N) is 1. The zero-order valence-electron chi connectivity index (χ0n) is 10.5. The third-order valence-electron chi connectivity index (χ3n) is 2.57. The van der Waals surface area contributed by atoms with Crippen LogP contribution in [-0.2, 0) is 6.54 Å². The Morgan fingerprint density at radius 1 is 1.32 bits per heavy atom. The Bertz CT molecular complexity index is 584. The van der Waals surface area contributed by atoms with Crippen LogP contribution >= 0.6 is 11.6 Å². The highest BCUT2D eigenvalue weighted by Gasteiger charge is 2.17. The molecule has 1 N–H and O–H groups in total. The van der Waals surface area contributed by atoms with E-state index in [0.717, 1.165) is 12.1 Å². The van der Waals surface area contributed by atoms with Gasteiger partial charge < -0.3 is 9.73 Å². The maximum absolute atomic E-state index is 13.8. The molecule has 1 aromatic heterocycles. The van der Waals surface area contributed by atoms with Gasteiger partial charge in [-0.15, -0.1) is 0 Å². The predicted molar refractivity (Wildman–Crippen MR) is 68.8 cm³/mol. The first-order valence-corrected chi connectivity index (χ1v) is 6.17. The van der Waals surface area contributed by atoms with Crippen molar-refractivity contribution in [3.8, 4) is 11.3 Å². The van der Waals surface area contributed by atoms with Crippen LogP contribution in [0.2, 0.25) is 5.02 Å². The summed E-state index contributed by atoms with van der Waals surface area (Å²) in [6.07, 6.45) is 1.21.